The lowest BCUT2D eigenvalue weighted by Gasteiger charge is -2.11. The molecule has 0 aromatic carbocycles. The minimum absolute atomic E-state index is 0.260. The maximum Gasteiger partial charge on any atom is 0.330 e. The molecule has 1 saturated heterocycles. The van der Waals surface area contributed by atoms with Crippen LogP contribution in [0.4, 0.5) is 0 Å². The van der Waals surface area contributed by atoms with Gasteiger partial charge in [-0.1, -0.05) is 0 Å². The fourth-order valence-electron chi connectivity index (χ4n) is 2.28. The number of hydrogen-bond acceptors (Lipinski definition) is 4. The van der Waals surface area contributed by atoms with Gasteiger partial charge in [-0.3, -0.25) is 13.9 Å². The molecule has 1 aromatic rings. The summed E-state index contributed by atoms with van der Waals surface area (Å²) >= 11 is 0. The number of ether oxygens (including phenoxy) is 1. The molecule has 1 unspecified atom stereocenters. The van der Waals surface area contributed by atoms with E-state index in [2.05, 4.69) is 5.32 Å². The Kier molecular flexibility index (Phi) is 4.55. The summed E-state index contributed by atoms with van der Waals surface area (Å²) in [5.41, 5.74) is 0.174. The molecule has 2 heterocycles. The Balaban J connectivity index is 1.89. The van der Waals surface area contributed by atoms with Crippen molar-refractivity contribution in [3.63, 3.8) is 0 Å². The highest BCUT2D eigenvalue weighted by molar-refractivity contribution is 5.01. The lowest BCUT2D eigenvalue weighted by atomic mass is 10.1. The van der Waals surface area contributed by atoms with E-state index in [0.29, 0.717) is 12.5 Å². The Labute approximate surface area is 112 Å². The summed E-state index contributed by atoms with van der Waals surface area (Å²) < 4.78 is 7.94. The molecule has 1 fully saturated rings. The summed E-state index contributed by atoms with van der Waals surface area (Å²) in [4.78, 5) is 23.3. The quantitative estimate of drug-likeness (QED) is 0.737. The predicted molar refractivity (Wildman–Crippen MR) is 72.2 cm³/mol. The second-order valence-corrected chi connectivity index (χ2v) is 5.07. The van der Waals surface area contributed by atoms with Crippen LogP contribution in [0.3, 0.4) is 0 Å². The standard InChI is InChI=1S/C13H21N3O3/c1-15-11(7-12(17)16(2)13(15)18)8-14-5-3-10-4-6-19-9-10/h7,10,14H,3-6,8-9H2,1-2H3. The highest BCUT2D eigenvalue weighted by atomic mass is 16.5. The third-order valence-electron chi connectivity index (χ3n) is 3.68. The van der Waals surface area contributed by atoms with E-state index in [9.17, 15) is 9.59 Å². The maximum absolute atomic E-state index is 11.7. The van der Waals surface area contributed by atoms with E-state index in [1.807, 2.05) is 0 Å². The molecule has 0 amide bonds. The molecule has 19 heavy (non-hydrogen) atoms. The van der Waals surface area contributed by atoms with E-state index in [0.717, 1.165) is 42.9 Å². The van der Waals surface area contributed by atoms with E-state index in [1.165, 1.54) is 17.7 Å². The maximum atomic E-state index is 11.7. The van der Waals surface area contributed by atoms with Gasteiger partial charge in [0, 0.05) is 45.6 Å². The van der Waals surface area contributed by atoms with Crippen molar-refractivity contribution in [3.8, 4) is 0 Å². The van der Waals surface area contributed by atoms with E-state index >= 15 is 0 Å². The van der Waals surface area contributed by atoms with Gasteiger partial charge in [-0.2, -0.15) is 0 Å². The van der Waals surface area contributed by atoms with Crippen molar-refractivity contribution < 1.29 is 4.74 Å². The van der Waals surface area contributed by atoms with Crippen molar-refractivity contribution in [3.05, 3.63) is 32.6 Å². The highest BCUT2D eigenvalue weighted by Gasteiger charge is 2.14. The van der Waals surface area contributed by atoms with Gasteiger partial charge in [0.05, 0.1) is 0 Å². The van der Waals surface area contributed by atoms with E-state index in [-0.39, 0.29) is 11.2 Å². The van der Waals surface area contributed by atoms with Crippen LogP contribution in [-0.4, -0.2) is 28.9 Å². The molecule has 1 atom stereocenters. The molecule has 106 valence electrons. The second-order valence-electron chi connectivity index (χ2n) is 5.07. The van der Waals surface area contributed by atoms with Gasteiger partial charge in [0.1, 0.15) is 0 Å². The largest absolute Gasteiger partial charge is 0.381 e. The van der Waals surface area contributed by atoms with Crippen LogP contribution in [0.5, 0.6) is 0 Å². The van der Waals surface area contributed by atoms with Crippen LogP contribution in [0, 0.1) is 5.92 Å². The van der Waals surface area contributed by atoms with Crippen LogP contribution < -0.4 is 16.6 Å². The number of aromatic nitrogens is 2. The average Bonchev–Trinajstić information content (AvgIpc) is 2.91. The van der Waals surface area contributed by atoms with Crippen LogP contribution >= 0.6 is 0 Å². The van der Waals surface area contributed by atoms with Crippen molar-refractivity contribution >= 4 is 0 Å². The zero-order chi connectivity index (χ0) is 13.8. The minimum atomic E-state index is -0.284. The second kappa shape index (κ2) is 6.16. The fraction of sp³-hybridized carbons (Fsp3) is 0.692. The highest BCUT2D eigenvalue weighted by Crippen LogP contribution is 2.15. The van der Waals surface area contributed by atoms with Crippen molar-refractivity contribution in [2.45, 2.75) is 19.4 Å². The molecule has 0 spiro atoms. The van der Waals surface area contributed by atoms with Gasteiger partial charge < -0.3 is 10.1 Å². The van der Waals surface area contributed by atoms with Crippen LogP contribution in [0.15, 0.2) is 15.7 Å². The van der Waals surface area contributed by atoms with Crippen LogP contribution in [0.25, 0.3) is 0 Å². The van der Waals surface area contributed by atoms with E-state index < -0.39 is 0 Å². The van der Waals surface area contributed by atoms with Crippen LogP contribution in [-0.2, 0) is 25.4 Å². The van der Waals surface area contributed by atoms with Gasteiger partial charge in [0.25, 0.3) is 5.56 Å². The van der Waals surface area contributed by atoms with E-state index in [1.54, 1.807) is 7.05 Å². The zero-order valence-corrected chi connectivity index (χ0v) is 11.5. The van der Waals surface area contributed by atoms with E-state index in [4.69, 9.17) is 4.74 Å². The summed E-state index contributed by atoms with van der Waals surface area (Å²) in [6.07, 6.45) is 2.20. The van der Waals surface area contributed by atoms with Crippen molar-refractivity contribution in [1.82, 2.24) is 14.5 Å². The van der Waals surface area contributed by atoms with Gasteiger partial charge in [0.15, 0.2) is 0 Å². The van der Waals surface area contributed by atoms with Gasteiger partial charge in [-0.25, -0.2) is 4.79 Å². The molecular weight excluding hydrogens is 246 g/mol. The topological polar surface area (TPSA) is 65.3 Å². The van der Waals surface area contributed by atoms with Crippen molar-refractivity contribution in [2.24, 2.45) is 20.0 Å². The molecular formula is C13H21N3O3. The molecule has 1 aromatic heterocycles. The minimum Gasteiger partial charge on any atom is -0.381 e. The first-order chi connectivity index (χ1) is 9.09. The molecule has 0 aliphatic carbocycles. The normalized spacial score (nSPS) is 18.9. The summed E-state index contributed by atoms with van der Waals surface area (Å²) in [5, 5.41) is 3.28. The number of nitrogens with one attached hydrogen (secondary N) is 1. The molecule has 1 aliphatic heterocycles. The van der Waals surface area contributed by atoms with Crippen molar-refractivity contribution in [2.75, 3.05) is 19.8 Å². The Hall–Kier alpha value is -1.40. The smallest absolute Gasteiger partial charge is 0.330 e. The number of hydrogen-bond donors (Lipinski definition) is 1. The van der Waals surface area contributed by atoms with Crippen molar-refractivity contribution in [1.29, 1.82) is 0 Å². The summed E-state index contributed by atoms with van der Waals surface area (Å²) in [7, 11) is 3.17. The Morgan fingerprint density at radius 3 is 2.84 bits per heavy atom. The van der Waals surface area contributed by atoms with Crippen LogP contribution in [0.1, 0.15) is 18.5 Å². The van der Waals surface area contributed by atoms with Gasteiger partial charge in [-0.15, -0.1) is 0 Å². The first kappa shape index (κ1) is 14.0. The Morgan fingerprint density at radius 1 is 1.37 bits per heavy atom. The molecule has 1 aliphatic rings. The van der Waals surface area contributed by atoms with Gasteiger partial charge >= 0.3 is 5.69 Å². The SMILES string of the molecule is Cn1c(CNCCC2CCOC2)cc(=O)n(C)c1=O. The third kappa shape index (κ3) is 3.33. The molecule has 1 N–H and O–H groups in total. The summed E-state index contributed by atoms with van der Waals surface area (Å²) in [5.74, 6) is 0.639. The number of nitrogens with zero attached hydrogens (tertiary/aromatic N) is 2. The lowest BCUT2D eigenvalue weighted by Crippen LogP contribution is -2.39. The molecule has 6 nitrogen and oxygen atoms in total. The molecule has 0 radical (unpaired) electrons. The lowest BCUT2D eigenvalue weighted by molar-refractivity contribution is 0.184. The monoisotopic (exact) mass is 267 g/mol. The first-order valence-corrected chi connectivity index (χ1v) is 6.64. The third-order valence-corrected chi connectivity index (χ3v) is 3.68. The molecule has 6 heteroatoms. The molecule has 0 bridgehead atoms. The summed E-state index contributed by atoms with van der Waals surface area (Å²) in [6.45, 7) is 3.13. The first-order valence-electron chi connectivity index (χ1n) is 6.64. The van der Waals surface area contributed by atoms with Gasteiger partial charge in [0.2, 0.25) is 0 Å². The number of rotatable bonds is 5. The zero-order valence-electron chi connectivity index (χ0n) is 11.5. The Bertz CT molecular complexity index is 541. The summed E-state index contributed by atoms with van der Waals surface area (Å²) in [6, 6.07) is 1.51. The van der Waals surface area contributed by atoms with Crippen LogP contribution in [0.2, 0.25) is 0 Å². The predicted octanol–water partition coefficient (Wildman–Crippen LogP) is -0.400. The Morgan fingerprint density at radius 2 is 2.16 bits per heavy atom. The fourth-order valence-corrected chi connectivity index (χ4v) is 2.28. The van der Waals surface area contributed by atoms with Gasteiger partial charge in [-0.05, 0) is 25.3 Å². The molecule has 0 saturated carbocycles. The molecule has 2 rings (SSSR count). The average molecular weight is 267 g/mol.